The molecule has 1 heterocycles. The van der Waals surface area contributed by atoms with Gasteiger partial charge in [0.1, 0.15) is 12.0 Å². The van der Waals surface area contributed by atoms with Crippen LogP contribution in [0.25, 0.3) is 0 Å². The van der Waals surface area contributed by atoms with Crippen LogP contribution in [0.5, 0.6) is 0 Å². The number of benzene rings is 2. The number of aromatic nitrogens is 2. The number of halogens is 1. The number of esters is 1. The molecule has 0 saturated carbocycles. The Labute approximate surface area is 193 Å². The lowest BCUT2D eigenvalue weighted by Crippen LogP contribution is -2.30. The van der Waals surface area contributed by atoms with E-state index < -0.39 is 0 Å². The zero-order valence-electron chi connectivity index (χ0n) is 17.6. The Morgan fingerprint density at radius 1 is 1.00 bits per heavy atom. The van der Waals surface area contributed by atoms with Gasteiger partial charge >= 0.3 is 5.97 Å². The maximum absolute atomic E-state index is 12.3. The van der Waals surface area contributed by atoms with Gasteiger partial charge in [-0.15, -0.1) is 0 Å². The summed E-state index contributed by atoms with van der Waals surface area (Å²) in [6.07, 6.45) is 1.31. The van der Waals surface area contributed by atoms with E-state index in [1.54, 1.807) is 48.5 Å². The van der Waals surface area contributed by atoms with Crippen molar-refractivity contribution in [3.63, 3.8) is 0 Å². The molecule has 0 radical (unpaired) electrons. The fraction of sp³-hybridized carbons (Fsp3) is 0.182. The fourth-order valence-electron chi connectivity index (χ4n) is 2.54. The largest absolute Gasteiger partial charge is 0.462 e. The lowest BCUT2D eigenvalue weighted by Gasteiger charge is -2.13. The smallest absolute Gasteiger partial charge is 0.338 e. The van der Waals surface area contributed by atoms with Gasteiger partial charge in [0.05, 0.1) is 12.2 Å². The Balaban J connectivity index is 1.63. The lowest BCUT2D eigenvalue weighted by atomic mass is 10.2. The number of nitrogens with zero attached hydrogens (tertiary/aromatic N) is 2. The van der Waals surface area contributed by atoms with E-state index in [1.807, 2.05) is 13.8 Å². The number of hydrazine groups is 1. The van der Waals surface area contributed by atoms with Crippen molar-refractivity contribution >= 4 is 50.8 Å². The second-order valence-electron chi connectivity index (χ2n) is 7.27. The summed E-state index contributed by atoms with van der Waals surface area (Å²) in [4.78, 5) is 32.5. The summed E-state index contributed by atoms with van der Waals surface area (Å²) < 4.78 is 6.09. The Morgan fingerprint density at radius 3 is 2.28 bits per heavy atom. The number of carbonyl (C=O) groups excluding carboxylic acids is 2. The van der Waals surface area contributed by atoms with Crippen LogP contribution in [-0.4, -0.2) is 28.5 Å². The summed E-state index contributed by atoms with van der Waals surface area (Å²) in [5.74, 6) is 0.130. The van der Waals surface area contributed by atoms with Gasteiger partial charge in [-0.05, 0) is 54.4 Å². The van der Waals surface area contributed by atoms with Gasteiger partial charge in [0.15, 0.2) is 11.6 Å². The van der Waals surface area contributed by atoms with Crippen LogP contribution in [-0.2, 0) is 4.74 Å². The first-order valence-corrected chi connectivity index (χ1v) is 10.6. The molecule has 0 aliphatic carbocycles. The molecular formula is C22H23BrN6O3. The van der Waals surface area contributed by atoms with E-state index in [1.165, 1.54) is 6.33 Å². The van der Waals surface area contributed by atoms with Crippen molar-refractivity contribution in [1.29, 1.82) is 0 Å². The number of hydrogen-bond donors (Lipinski definition) is 4. The molecule has 0 unspecified atom stereocenters. The standard InChI is InChI=1S/C22H23BrN6O3/c1-13(2)11-32-22(31)15-5-9-17(10-6-15)27-19-18(24)20(26-12-25-19)28-29-21(30)14-3-7-16(23)8-4-14/h3-10,12-13H,11,24H2,1-2H3,(H,29,30)(H2,25,26,27,28). The van der Waals surface area contributed by atoms with Crippen LogP contribution >= 0.6 is 15.9 Å². The molecule has 1 aromatic heterocycles. The maximum atomic E-state index is 12.3. The number of rotatable bonds is 8. The number of nitrogen functional groups attached to an aromatic ring is 1. The third kappa shape index (κ3) is 6.17. The average molecular weight is 499 g/mol. The van der Waals surface area contributed by atoms with E-state index in [0.717, 1.165) is 4.47 Å². The van der Waals surface area contributed by atoms with Crippen LogP contribution < -0.4 is 21.9 Å². The van der Waals surface area contributed by atoms with Crippen LogP contribution in [0.2, 0.25) is 0 Å². The Kier molecular flexibility index (Phi) is 7.61. The minimum atomic E-state index is -0.375. The van der Waals surface area contributed by atoms with E-state index in [-0.39, 0.29) is 29.3 Å². The second kappa shape index (κ2) is 10.6. The van der Waals surface area contributed by atoms with Gasteiger partial charge in [0.2, 0.25) is 0 Å². The molecule has 3 rings (SSSR count). The normalized spacial score (nSPS) is 10.5. The minimum Gasteiger partial charge on any atom is -0.462 e. The van der Waals surface area contributed by atoms with Crippen molar-refractivity contribution in [3.8, 4) is 0 Å². The average Bonchev–Trinajstić information content (AvgIpc) is 2.78. The van der Waals surface area contributed by atoms with Gasteiger partial charge in [-0.25, -0.2) is 14.8 Å². The molecule has 10 heteroatoms. The Morgan fingerprint density at radius 2 is 1.62 bits per heavy atom. The molecule has 5 N–H and O–H groups in total. The molecule has 0 atom stereocenters. The first kappa shape index (κ1) is 23.0. The van der Waals surface area contributed by atoms with Crippen LogP contribution in [0.1, 0.15) is 34.6 Å². The molecule has 1 amide bonds. The molecule has 0 saturated heterocycles. The van der Waals surface area contributed by atoms with Gasteiger partial charge in [-0.3, -0.25) is 15.6 Å². The fourth-order valence-corrected chi connectivity index (χ4v) is 2.80. The minimum absolute atomic E-state index is 0.212. The summed E-state index contributed by atoms with van der Waals surface area (Å²) in [5.41, 5.74) is 13.2. The van der Waals surface area contributed by atoms with Gasteiger partial charge in [-0.2, -0.15) is 0 Å². The molecule has 166 valence electrons. The molecule has 2 aromatic carbocycles. The van der Waals surface area contributed by atoms with Crippen molar-refractivity contribution in [3.05, 3.63) is 70.5 Å². The highest BCUT2D eigenvalue weighted by Gasteiger charge is 2.12. The summed E-state index contributed by atoms with van der Waals surface area (Å²) in [7, 11) is 0. The van der Waals surface area contributed by atoms with Crippen LogP contribution in [0.4, 0.5) is 23.0 Å². The molecule has 0 aliphatic heterocycles. The van der Waals surface area contributed by atoms with Gasteiger partial charge in [0.25, 0.3) is 5.91 Å². The Hall–Kier alpha value is -3.66. The highest BCUT2D eigenvalue weighted by molar-refractivity contribution is 9.10. The number of nitrogens with one attached hydrogen (secondary N) is 3. The molecule has 32 heavy (non-hydrogen) atoms. The zero-order valence-corrected chi connectivity index (χ0v) is 19.1. The monoisotopic (exact) mass is 498 g/mol. The molecule has 0 aliphatic rings. The maximum Gasteiger partial charge on any atom is 0.338 e. The highest BCUT2D eigenvalue weighted by atomic mass is 79.9. The zero-order chi connectivity index (χ0) is 23.1. The predicted molar refractivity (Wildman–Crippen MR) is 127 cm³/mol. The Bertz CT molecular complexity index is 1090. The third-order valence-electron chi connectivity index (χ3n) is 4.22. The van der Waals surface area contributed by atoms with Crippen molar-refractivity contribution in [2.45, 2.75) is 13.8 Å². The van der Waals surface area contributed by atoms with Gasteiger partial charge in [-0.1, -0.05) is 29.8 Å². The quantitative estimate of drug-likeness (QED) is 0.269. The summed E-state index contributed by atoms with van der Waals surface area (Å²) in [5, 5.41) is 3.07. The van der Waals surface area contributed by atoms with E-state index in [4.69, 9.17) is 10.5 Å². The van der Waals surface area contributed by atoms with E-state index >= 15 is 0 Å². The summed E-state index contributed by atoms with van der Waals surface area (Å²) in [6, 6.07) is 13.6. The number of anilines is 4. The summed E-state index contributed by atoms with van der Waals surface area (Å²) >= 11 is 3.33. The number of amides is 1. The van der Waals surface area contributed by atoms with Gasteiger partial charge in [0, 0.05) is 15.7 Å². The molecule has 0 spiro atoms. The molecule has 0 bridgehead atoms. The number of hydrogen-bond acceptors (Lipinski definition) is 8. The van der Waals surface area contributed by atoms with Crippen molar-refractivity contribution in [1.82, 2.24) is 15.4 Å². The first-order chi connectivity index (χ1) is 15.3. The molecular weight excluding hydrogens is 476 g/mol. The molecule has 3 aromatic rings. The van der Waals surface area contributed by atoms with E-state index in [0.29, 0.717) is 29.2 Å². The second-order valence-corrected chi connectivity index (χ2v) is 8.18. The molecule has 0 fully saturated rings. The topological polar surface area (TPSA) is 131 Å². The van der Waals surface area contributed by atoms with Crippen LogP contribution in [0.15, 0.2) is 59.3 Å². The van der Waals surface area contributed by atoms with Gasteiger partial charge < -0.3 is 15.8 Å². The van der Waals surface area contributed by atoms with Crippen LogP contribution in [0, 0.1) is 5.92 Å². The third-order valence-corrected chi connectivity index (χ3v) is 4.74. The number of nitrogens with two attached hydrogens (primary N) is 1. The number of ether oxygens (including phenoxy) is 1. The molecule has 9 nitrogen and oxygen atoms in total. The van der Waals surface area contributed by atoms with E-state index in [9.17, 15) is 9.59 Å². The highest BCUT2D eigenvalue weighted by Crippen LogP contribution is 2.25. The lowest BCUT2D eigenvalue weighted by molar-refractivity contribution is 0.0459. The van der Waals surface area contributed by atoms with Crippen molar-refractivity contribution in [2.24, 2.45) is 5.92 Å². The first-order valence-electron chi connectivity index (χ1n) is 9.80. The number of carbonyl (C=O) groups is 2. The SMILES string of the molecule is CC(C)COC(=O)c1ccc(Nc2ncnc(NNC(=O)c3ccc(Br)cc3)c2N)cc1. The van der Waals surface area contributed by atoms with Crippen molar-refractivity contribution in [2.75, 3.05) is 23.1 Å². The van der Waals surface area contributed by atoms with Crippen LogP contribution in [0.3, 0.4) is 0 Å². The van der Waals surface area contributed by atoms with E-state index in [2.05, 4.69) is 42.1 Å². The van der Waals surface area contributed by atoms with Crippen molar-refractivity contribution < 1.29 is 14.3 Å². The predicted octanol–water partition coefficient (Wildman–Crippen LogP) is 4.13. The summed E-state index contributed by atoms with van der Waals surface area (Å²) in [6.45, 7) is 4.31.